The summed E-state index contributed by atoms with van der Waals surface area (Å²) in [6.45, 7) is 3.71. The first kappa shape index (κ1) is 8.25. The molecule has 0 rings (SSSR count). The van der Waals surface area contributed by atoms with E-state index in [0.717, 1.165) is 12.8 Å². The highest BCUT2D eigenvalue weighted by atomic mass is 35.5. The van der Waals surface area contributed by atoms with Gasteiger partial charge < -0.3 is 5.11 Å². The highest BCUT2D eigenvalue weighted by Crippen LogP contribution is 2.05. The molecule has 1 nitrogen and oxygen atoms in total. The maximum absolute atomic E-state index is 8.74. The van der Waals surface area contributed by atoms with E-state index in [1.165, 1.54) is 0 Å². The third-order valence-electron chi connectivity index (χ3n) is 0.982. The topological polar surface area (TPSA) is 20.2 Å². The predicted octanol–water partition coefficient (Wildman–Crippen LogP) is 1.77. The maximum atomic E-state index is 8.74. The van der Waals surface area contributed by atoms with Gasteiger partial charge in [0, 0.05) is 5.38 Å². The van der Waals surface area contributed by atoms with Crippen molar-refractivity contribution in [3.05, 3.63) is 0 Å². The number of aliphatic hydroxyl groups is 1. The van der Waals surface area contributed by atoms with E-state index in [-0.39, 0.29) is 11.5 Å². The standard InChI is InChI=1S/C6H13ClO/c1-5(7)3-4-6(2)8/h5-6,8H,3-4H2,1-2H3. The predicted molar refractivity (Wildman–Crippen MR) is 36.2 cm³/mol. The lowest BCUT2D eigenvalue weighted by Gasteiger charge is -2.03. The Kier molecular flexibility index (Phi) is 4.29. The molecule has 8 heavy (non-hydrogen) atoms. The van der Waals surface area contributed by atoms with Gasteiger partial charge in [-0.1, -0.05) is 0 Å². The fourth-order valence-corrected chi connectivity index (χ4v) is 0.597. The van der Waals surface area contributed by atoms with E-state index in [0.29, 0.717) is 0 Å². The fraction of sp³-hybridized carbons (Fsp3) is 1.00. The molecule has 0 saturated carbocycles. The summed E-state index contributed by atoms with van der Waals surface area (Å²) >= 11 is 5.61. The Hall–Kier alpha value is 0.250. The van der Waals surface area contributed by atoms with Crippen LogP contribution in [-0.2, 0) is 0 Å². The molecule has 2 unspecified atom stereocenters. The zero-order valence-corrected chi connectivity index (χ0v) is 6.15. The molecule has 0 spiro atoms. The van der Waals surface area contributed by atoms with Crippen molar-refractivity contribution in [1.82, 2.24) is 0 Å². The van der Waals surface area contributed by atoms with Gasteiger partial charge in [0.05, 0.1) is 6.10 Å². The minimum atomic E-state index is -0.198. The first-order chi connectivity index (χ1) is 3.63. The van der Waals surface area contributed by atoms with E-state index < -0.39 is 0 Å². The number of hydrogen-bond donors (Lipinski definition) is 1. The van der Waals surface area contributed by atoms with Crippen LogP contribution < -0.4 is 0 Å². The average Bonchev–Trinajstić information content (AvgIpc) is 1.61. The highest BCUT2D eigenvalue weighted by molar-refractivity contribution is 6.20. The lowest BCUT2D eigenvalue weighted by atomic mass is 10.2. The molecule has 0 aromatic heterocycles. The van der Waals surface area contributed by atoms with Gasteiger partial charge in [0.25, 0.3) is 0 Å². The molecule has 0 saturated heterocycles. The van der Waals surface area contributed by atoms with Crippen molar-refractivity contribution in [2.45, 2.75) is 38.2 Å². The average molecular weight is 137 g/mol. The summed E-state index contributed by atoms with van der Waals surface area (Å²) in [6.07, 6.45) is 1.51. The third kappa shape index (κ3) is 6.25. The molecule has 0 aliphatic carbocycles. The second kappa shape index (κ2) is 4.16. The number of rotatable bonds is 3. The molecular formula is C6H13ClO. The summed E-state index contributed by atoms with van der Waals surface area (Å²) in [5.41, 5.74) is 0. The van der Waals surface area contributed by atoms with Gasteiger partial charge in [0.1, 0.15) is 0 Å². The minimum Gasteiger partial charge on any atom is -0.393 e. The lowest BCUT2D eigenvalue weighted by Crippen LogP contribution is -2.02. The van der Waals surface area contributed by atoms with E-state index in [9.17, 15) is 0 Å². The molecule has 2 heteroatoms. The Morgan fingerprint density at radius 1 is 1.38 bits per heavy atom. The van der Waals surface area contributed by atoms with Gasteiger partial charge in [-0.25, -0.2) is 0 Å². The van der Waals surface area contributed by atoms with Gasteiger partial charge in [0.2, 0.25) is 0 Å². The summed E-state index contributed by atoms with van der Waals surface area (Å²) in [6, 6.07) is 0. The van der Waals surface area contributed by atoms with Gasteiger partial charge >= 0.3 is 0 Å². The van der Waals surface area contributed by atoms with Gasteiger partial charge in [-0.15, -0.1) is 11.6 Å². The van der Waals surface area contributed by atoms with Crippen LogP contribution in [0.4, 0.5) is 0 Å². The Morgan fingerprint density at radius 3 is 2.00 bits per heavy atom. The molecule has 0 amide bonds. The molecule has 0 aliphatic rings. The molecule has 0 aromatic rings. The first-order valence-electron chi connectivity index (χ1n) is 2.95. The van der Waals surface area contributed by atoms with Crippen molar-refractivity contribution in [3.63, 3.8) is 0 Å². The molecule has 2 atom stereocenters. The molecule has 0 bridgehead atoms. The zero-order chi connectivity index (χ0) is 6.57. The minimum absolute atomic E-state index is 0.198. The molecule has 0 fully saturated rings. The van der Waals surface area contributed by atoms with Gasteiger partial charge in [-0.3, -0.25) is 0 Å². The summed E-state index contributed by atoms with van der Waals surface area (Å²) in [5.74, 6) is 0. The SMILES string of the molecule is CC(O)CCC(C)Cl. The molecule has 0 heterocycles. The summed E-state index contributed by atoms with van der Waals surface area (Å²) in [4.78, 5) is 0. The van der Waals surface area contributed by atoms with Crippen LogP contribution in [0.25, 0.3) is 0 Å². The number of halogens is 1. The van der Waals surface area contributed by atoms with Gasteiger partial charge in [-0.2, -0.15) is 0 Å². The molecule has 50 valence electrons. The van der Waals surface area contributed by atoms with Crippen molar-refractivity contribution in [3.8, 4) is 0 Å². The van der Waals surface area contributed by atoms with E-state index in [1.54, 1.807) is 6.92 Å². The van der Waals surface area contributed by atoms with Crippen molar-refractivity contribution in [1.29, 1.82) is 0 Å². The second-order valence-corrected chi connectivity index (χ2v) is 2.95. The second-order valence-electron chi connectivity index (χ2n) is 2.21. The quantitative estimate of drug-likeness (QED) is 0.587. The van der Waals surface area contributed by atoms with E-state index in [2.05, 4.69) is 0 Å². The lowest BCUT2D eigenvalue weighted by molar-refractivity contribution is 0.181. The summed E-state index contributed by atoms with van der Waals surface area (Å²) in [5, 5.41) is 8.94. The van der Waals surface area contributed by atoms with Crippen LogP contribution in [0.3, 0.4) is 0 Å². The van der Waals surface area contributed by atoms with E-state index in [4.69, 9.17) is 16.7 Å². The molecule has 0 aromatic carbocycles. The number of alkyl halides is 1. The van der Waals surface area contributed by atoms with Crippen LogP contribution in [0.5, 0.6) is 0 Å². The van der Waals surface area contributed by atoms with Gasteiger partial charge in [-0.05, 0) is 26.7 Å². The van der Waals surface area contributed by atoms with Gasteiger partial charge in [0.15, 0.2) is 0 Å². The Morgan fingerprint density at radius 2 is 1.88 bits per heavy atom. The molecule has 1 N–H and O–H groups in total. The third-order valence-corrected chi connectivity index (χ3v) is 1.20. The number of hydrogen-bond acceptors (Lipinski definition) is 1. The van der Waals surface area contributed by atoms with Crippen molar-refractivity contribution < 1.29 is 5.11 Å². The highest BCUT2D eigenvalue weighted by Gasteiger charge is 1.98. The Labute approximate surface area is 55.7 Å². The van der Waals surface area contributed by atoms with Crippen molar-refractivity contribution in [2.24, 2.45) is 0 Å². The Bertz CT molecular complexity index is 44.5. The zero-order valence-electron chi connectivity index (χ0n) is 5.39. The van der Waals surface area contributed by atoms with Crippen molar-refractivity contribution >= 4 is 11.6 Å². The molecular weight excluding hydrogens is 124 g/mol. The smallest absolute Gasteiger partial charge is 0.0512 e. The monoisotopic (exact) mass is 136 g/mol. The van der Waals surface area contributed by atoms with Crippen LogP contribution >= 0.6 is 11.6 Å². The number of aliphatic hydroxyl groups excluding tert-OH is 1. The van der Waals surface area contributed by atoms with E-state index in [1.807, 2.05) is 6.92 Å². The normalized spacial score (nSPS) is 18.0. The maximum Gasteiger partial charge on any atom is 0.0512 e. The summed E-state index contributed by atoms with van der Waals surface area (Å²) < 4.78 is 0. The van der Waals surface area contributed by atoms with Crippen LogP contribution in [0.1, 0.15) is 26.7 Å². The van der Waals surface area contributed by atoms with Crippen LogP contribution in [0.2, 0.25) is 0 Å². The fourth-order valence-electron chi connectivity index (χ4n) is 0.471. The van der Waals surface area contributed by atoms with Crippen LogP contribution in [-0.4, -0.2) is 16.6 Å². The van der Waals surface area contributed by atoms with Crippen LogP contribution in [0.15, 0.2) is 0 Å². The van der Waals surface area contributed by atoms with E-state index >= 15 is 0 Å². The summed E-state index contributed by atoms with van der Waals surface area (Å²) in [7, 11) is 0. The van der Waals surface area contributed by atoms with Crippen LogP contribution in [0, 0.1) is 0 Å². The molecule has 0 aliphatic heterocycles. The van der Waals surface area contributed by atoms with Crippen molar-refractivity contribution in [2.75, 3.05) is 0 Å². The largest absolute Gasteiger partial charge is 0.393 e. The Balaban J connectivity index is 2.93. The first-order valence-corrected chi connectivity index (χ1v) is 3.38. The molecule has 0 radical (unpaired) electrons.